The van der Waals surface area contributed by atoms with Crippen LogP contribution in [0.4, 0.5) is 0 Å². The fourth-order valence-corrected chi connectivity index (χ4v) is 4.99. The predicted octanol–water partition coefficient (Wildman–Crippen LogP) is 3.21. The summed E-state index contributed by atoms with van der Waals surface area (Å²) in [6.07, 6.45) is 8.09. The van der Waals surface area contributed by atoms with Gasteiger partial charge in [0.1, 0.15) is 11.8 Å². The van der Waals surface area contributed by atoms with Crippen LogP contribution in [0, 0.1) is 0 Å². The van der Waals surface area contributed by atoms with E-state index in [9.17, 15) is 4.79 Å². The maximum atomic E-state index is 13.2. The highest BCUT2D eigenvalue weighted by atomic mass is 16.5. The van der Waals surface area contributed by atoms with Gasteiger partial charge in [0.25, 0.3) is 5.56 Å². The summed E-state index contributed by atoms with van der Waals surface area (Å²) < 4.78 is 7.30. The zero-order valence-electron chi connectivity index (χ0n) is 17.4. The Bertz CT molecular complexity index is 1080. The molecule has 5 rings (SSSR count). The molecule has 0 spiro atoms. The Morgan fingerprint density at radius 2 is 1.90 bits per heavy atom. The second-order valence-electron chi connectivity index (χ2n) is 8.43. The van der Waals surface area contributed by atoms with E-state index in [1.807, 2.05) is 28.9 Å². The van der Waals surface area contributed by atoms with Crippen LogP contribution in [-0.4, -0.2) is 50.3 Å². The van der Waals surface area contributed by atoms with E-state index in [1.54, 1.807) is 7.11 Å². The maximum absolute atomic E-state index is 13.2. The van der Waals surface area contributed by atoms with Crippen LogP contribution >= 0.6 is 0 Å². The minimum Gasteiger partial charge on any atom is -0.497 e. The minimum absolute atomic E-state index is 0.0905. The van der Waals surface area contributed by atoms with E-state index in [0.29, 0.717) is 11.6 Å². The van der Waals surface area contributed by atoms with Crippen LogP contribution in [0.3, 0.4) is 0 Å². The number of aromatic nitrogens is 5. The third-order valence-electron chi connectivity index (χ3n) is 6.57. The Kier molecular flexibility index (Phi) is 5.25. The van der Waals surface area contributed by atoms with E-state index < -0.39 is 0 Å². The Hall–Kier alpha value is -2.74. The molecular weight excluding hydrogens is 380 g/mol. The largest absolute Gasteiger partial charge is 0.497 e. The summed E-state index contributed by atoms with van der Waals surface area (Å²) in [6.45, 7) is 1.89. The number of tetrazole rings is 1. The normalized spacial score (nSPS) is 19.4. The van der Waals surface area contributed by atoms with Gasteiger partial charge in [-0.25, -0.2) is 4.68 Å². The van der Waals surface area contributed by atoms with Crippen LogP contribution in [0.1, 0.15) is 68.4 Å². The highest BCUT2D eigenvalue weighted by molar-refractivity contribution is 5.80. The van der Waals surface area contributed by atoms with Crippen molar-refractivity contribution in [2.24, 2.45) is 0 Å². The first-order valence-corrected chi connectivity index (χ1v) is 11.0. The number of nitrogens with zero attached hydrogens (tertiary/aromatic N) is 5. The first-order chi connectivity index (χ1) is 14.7. The molecule has 30 heavy (non-hydrogen) atoms. The zero-order chi connectivity index (χ0) is 20.5. The van der Waals surface area contributed by atoms with Gasteiger partial charge in [-0.3, -0.25) is 9.69 Å². The smallest absolute Gasteiger partial charge is 0.253 e. The van der Waals surface area contributed by atoms with Gasteiger partial charge in [-0.1, -0.05) is 19.3 Å². The molecule has 1 aliphatic carbocycles. The van der Waals surface area contributed by atoms with E-state index in [1.165, 1.54) is 19.3 Å². The van der Waals surface area contributed by atoms with E-state index in [0.717, 1.165) is 61.2 Å². The molecule has 0 radical (unpaired) electrons. The van der Waals surface area contributed by atoms with E-state index in [4.69, 9.17) is 4.74 Å². The van der Waals surface area contributed by atoms with Crippen molar-refractivity contribution in [3.8, 4) is 5.75 Å². The van der Waals surface area contributed by atoms with Crippen molar-refractivity contribution in [1.82, 2.24) is 30.1 Å². The van der Waals surface area contributed by atoms with Crippen molar-refractivity contribution in [2.75, 3.05) is 20.2 Å². The van der Waals surface area contributed by atoms with Crippen LogP contribution < -0.4 is 10.3 Å². The van der Waals surface area contributed by atoms with Crippen molar-refractivity contribution < 1.29 is 4.74 Å². The molecule has 1 aromatic carbocycles. The number of piperidine rings is 1. The number of benzene rings is 1. The van der Waals surface area contributed by atoms with Crippen molar-refractivity contribution in [3.05, 3.63) is 46.0 Å². The molecule has 1 aliphatic heterocycles. The maximum Gasteiger partial charge on any atom is 0.253 e. The van der Waals surface area contributed by atoms with E-state index in [-0.39, 0.29) is 11.6 Å². The van der Waals surface area contributed by atoms with Crippen LogP contribution in [0.5, 0.6) is 5.75 Å². The number of pyridine rings is 1. The number of fused-ring (bicyclic) bond motifs is 1. The monoisotopic (exact) mass is 408 g/mol. The number of likely N-dealkylation sites (tertiary alicyclic amines) is 1. The zero-order valence-corrected chi connectivity index (χ0v) is 17.4. The summed E-state index contributed by atoms with van der Waals surface area (Å²) >= 11 is 0. The SMILES string of the molecule is COc1ccc2cc(C(c3nnnn3C3CCCC3)N3CCCCC3)c(=O)[nH]c2c1. The van der Waals surface area contributed by atoms with Gasteiger partial charge in [-0.15, -0.1) is 5.10 Å². The Morgan fingerprint density at radius 3 is 2.67 bits per heavy atom. The molecular formula is C22H28N6O2. The second-order valence-corrected chi connectivity index (χ2v) is 8.43. The van der Waals surface area contributed by atoms with Gasteiger partial charge >= 0.3 is 0 Å². The third kappa shape index (κ3) is 3.49. The lowest BCUT2D eigenvalue weighted by molar-refractivity contribution is 0.174. The summed E-state index contributed by atoms with van der Waals surface area (Å²) in [5.74, 6) is 1.52. The number of rotatable bonds is 5. The molecule has 2 aliphatic rings. The number of aromatic amines is 1. The molecule has 0 bridgehead atoms. The van der Waals surface area contributed by atoms with E-state index in [2.05, 4.69) is 25.4 Å². The van der Waals surface area contributed by atoms with Gasteiger partial charge in [0.05, 0.1) is 18.7 Å². The van der Waals surface area contributed by atoms with Gasteiger partial charge in [-0.2, -0.15) is 0 Å². The number of H-pyrrole nitrogens is 1. The van der Waals surface area contributed by atoms with Crippen LogP contribution in [0.2, 0.25) is 0 Å². The lowest BCUT2D eigenvalue weighted by Crippen LogP contribution is -2.38. The molecule has 8 heteroatoms. The van der Waals surface area contributed by atoms with Gasteiger partial charge < -0.3 is 9.72 Å². The van der Waals surface area contributed by atoms with Gasteiger partial charge in [0.15, 0.2) is 5.82 Å². The van der Waals surface area contributed by atoms with Gasteiger partial charge in [0, 0.05) is 11.6 Å². The predicted molar refractivity (Wildman–Crippen MR) is 114 cm³/mol. The third-order valence-corrected chi connectivity index (χ3v) is 6.57. The average molecular weight is 409 g/mol. The molecule has 2 aromatic heterocycles. The van der Waals surface area contributed by atoms with Crippen molar-refractivity contribution in [1.29, 1.82) is 0 Å². The summed E-state index contributed by atoms with van der Waals surface area (Å²) in [5, 5.41) is 13.8. The first kappa shape index (κ1) is 19.2. The second kappa shape index (κ2) is 8.18. The Balaban J connectivity index is 1.63. The summed E-state index contributed by atoms with van der Waals surface area (Å²) in [4.78, 5) is 18.7. The van der Waals surface area contributed by atoms with Crippen molar-refractivity contribution in [3.63, 3.8) is 0 Å². The summed E-state index contributed by atoms with van der Waals surface area (Å²) in [5.41, 5.74) is 1.40. The molecule has 158 valence electrons. The molecule has 0 amide bonds. The molecule has 3 heterocycles. The molecule has 8 nitrogen and oxygen atoms in total. The molecule has 1 atom stereocenters. The quantitative estimate of drug-likeness (QED) is 0.697. The number of hydrogen-bond acceptors (Lipinski definition) is 6. The van der Waals surface area contributed by atoms with Crippen LogP contribution in [0.15, 0.2) is 29.1 Å². The Labute approximate surface area is 175 Å². The van der Waals surface area contributed by atoms with Gasteiger partial charge in [0.2, 0.25) is 0 Å². The fourth-order valence-electron chi connectivity index (χ4n) is 4.99. The average Bonchev–Trinajstić information content (AvgIpc) is 3.47. The Morgan fingerprint density at radius 1 is 1.10 bits per heavy atom. The number of nitrogens with one attached hydrogen (secondary N) is 1. The van der Waals surface area contributed by atoms with Crippen molar-refractivity contribution >= 4 is 10.9 Å². The lowest BCUT2D eigenvalue weighted by Gasteiger charge is -2.34. The number of ether oxygens (including phenoxy) is 1. The summed E-state index contributed by atoms with van der Waals surface area (Å²) in [6, 6.07) is 7.85. The van der Waals surface area contributed by atoms with Crippen molar-refractivity contribution in [2.45, 2.75) is 57.0 Å². The first-order valence-electron chi connectivity index (χ1n) is 11.0. The summed E-state index contributed by atoms with van der Waals surface area (Å²) in [7, 11) is 1.63. The molecule has 1 unspecified atom stereocenters. The highest BCUT2D eigenvalue weighted by Crippen LogP contribution is 2.34. The number of methoxy groups -OCH3 is 1. The topological polar surface area (TPSA) is 88.9 Å². The van der Waals surface area contributed by atoms with Crippen LogP contribution in [0.25, 0.3) is 10.9 Å². The van der Waals surface area contributed by atoms with E-state index >= 15 is 0 Å². The molecule has 2 fully saturated rings. The fraction of sp³-hybridized carbons (Fsp3) is 0.545. The molecule has 3 aromatic rings. The highest BCUT2D eigenvalue weighted by Gasteiger charge is 2.33. The van der Waals surface area contributed by atoms with Crippen LogP contribution in [-0.2, 0) is 0 Å². The van der Waals surface area contributed by atoms with Gasteiger partial charge in [-0.05, 0) is 72.8 Å². The standard InChI is InChI=1S/C22H28N6O2/c1-30-17-10-9-15-13-18(22(29)23-19(15)14-17)20(27-11-5-2-6-12-27)21-24-25-26-28(21)16-7-3-4-8-16/h9-10,13-14,16,20H,2-8,11-12H2,1H3,(H,23,29). The lowest BCUT2D eigenvalue weighted by atomic mass is 10.00. The number of hydrogen-bond donors (Lipinski definition) is 1. The minimum atomic E-state index is -0.240. The molecule has 1 saturated carbocycles. The molecule has 1 saturated heterocycles. The molecule has 1 N–H and O–H groups in total.